The third kappa shape index (κ3) is 4.46. The van der Waals surface area contributed by atoms with Gasteiger partial charge in [0.1, 0.15) is 17.2 Å². The minimum absolute atomic E-state index is 0.0874. The number of aromatic nitrogens is 2. The fourth-order valence-corrected chi connectivity index (χ4v) is 4.81. The van der Waals surface area contributed by atoms with Crippen LogP contribution in [0.4, 0.5) is 0 Å². The number of H-pyrrole nitrogens is 1. The summed E-state index contributed by atoms with van der Waals surface area (Å²) in [6, 6.07) is 21.0. The lowest BCUT2D eigenvalue weighted by molar-refractivity contribution is 0.0745. The third-order valence-corrected chi connectivity index (χ3v) is 6.75. The van der Waals surface area contributed by atoms with Gasteiger partial charge in [-0.1, -0.05) is 18.2 Å². The highest BCUT2D eigenvalue weighted by Crippen LogP contribution is 2.44. The molecule has 37 heavy (non-hydrogen) atoms. The first-order valence-electron chi connectivity index (χ1n) is 12.0. The van der Waals surface area contributed by atoms with Crippen LogP contribution in [-0.4, -0.2) is 56.0 Å². The molecule has 1 N–H and O–H groups in total. The van der Waals surface area contributed by atoms with Crippen molar-refractivity contribution in [2.24, 2.45) is 0 Å². The number of fused-ring (bicyclic) bond motifs is 1. The third-order valence-electron chi connectivity index (χ3n) is 6.75. The van der Waals surface area contributed by atoms with Crippen LogP contribution in [-0.2, 0) is 6.42 Å². The van der Waals surface area contributed by atoms with E-state index in [1.54, 1.807) is 28.4 Å². The van der Waals surface area contributed by atoms with Crippen LogP contribution < -0.4 is 18.9 Å². The Balaban J connectivity index is 1.56. The van der Waals surface area contributed by atoms with Gasteiger partial charge in [0.05, 0.1) is 40.2 Å². The maximum Gasteiger partial charge on any atom is 0.273 e. The molecule has 0 bridgehead atoms. The second-order valence-electron chi connectivity index (χ2n) is 8.70. The average Bonchev–Trinajstić information content (AvgIpc) is 3.50. The molecule has 1 aromatic heterocycles. The minimum Gasteiger partial charge on any atom is -0.497 e. The first kappa shape index (κ1) is 24.2. The highest BCUT2D eigenvalue weighted by molar-refractivity contribution is 6.00. The van der Waals surface area contributed by atoms with Crippen LogP contribution in [0.1, 0.15) is 33.2 Å². The van der Waals surface area contributed by atoms with Crippen molar-refractivity contribution in [3.05, 3.63) is 89.1 Å². The van der Waals surface area contributed by atoms with Crippen molar-refractivity contribution in [1.29, 1.82) is 0 Å². The molecule has 2 heterocycles. The lowest BCUT2D eigenvalue weighted by Crippen LogP contribution is -2.31. The molecule has 5 rings (SSSR count). The van der Waals surface area contributed by atoms with E-state index < -0.39 is 0 Å². The topological polar surface area (TPSA) is 85.9 Å². The SMILES string of the molecule is COc1ccc(CCN2C(=O)c3[nH]nc(-c4ccc(OC)cc4)c3C2c2ccc(OC)c(OC)c2)cc1. The van der Waals surface area contributed by atoms with Crippen molar-refractivity contribution in [1.82, 2.24) is 15.1 Å². The molecule has 0 fully saturated rings. The highest BCUT2D eigenvalue weighted by Gasteiger charge is 2.42. The Labute approximate surface area is 215 Å². The van der Waals surface area contributed by atoms with E-state index in [0.717, 1.165) is 39.4 Å². The van der Waals surface area contributed by atoms with E-state index in [-0.39, 0.29) is 11.9 Å². The number of carbonyl (C=O) groups excluding carboxylic acids is 1. The summed E-state index contributed by atoms with van der Waals surface area (Å²) in [6.45, 7) is 0.523. The zero-order valence-electron chi connectivity index (χ0n) is 21.3. The summed E-state index contributed by atoms with van der Waals surface area (Å²) in [5, 5.41) is 7.57. The number of carbonyl (C=O) groups is 1. The molecular weight excluding hydrogens is 470 g/mol. The van der Waals surface area contributed by atoms with Crippen LogP contribution >= 0.6 is 0 Å². The van der Waals surface area contributed by atoms with E-state index in [1.165, 1.54) is 0 Å². The second kappa shape index (κ2) is 10.3. The van der Waals surface area contributed by atoms with Crippen molar-refractivity contribution >= 4 is 5.91 Å². The van der Waals surface area contributed by atoms with Crippen LogP contribution in [0.3, 0.4) is 0 Å². The minimum atomic E-state index is -0.351. The van der Waals surface area contributed by atoms with Gasteiger partial charge in [0.15, 0.2) is 11.5 Å². The summed E-state index contributed by atoms with van der Waals surface area (Å²) < 4.78 is 21.6. The molecule has 0 spiro atoms. The Morgan fingerprint density at radius 1 is 0.811 bits per heavy atom. The Morgan fingerprint density at radius 2 is 1.46 bits per heavy atom. The lowest BCUT2D eigenvalue weighted by atomic mass is 9.95. The predicted molar refractivity (Wildman–Crippen MR) is 140 cm³/mol. The first-order valence-corrected chi connectivity index (χ1v) is 12.0. The molecule has 4 aromatic rings. The lowest BCUT2D eigenvalue weighted by Gasteiger charge is -2.27. The molecule has 0 aliphatic carbocycles. The number of aromatic amines is 1. The van der Waals surface area contributed by atoms with E-state index >= 15 is 0 Å². The summed E-state index contributed by atoms with van der Waals surface area (Å²) in [5.74, 6) is 2.70. The number of rotatable bonds is 9. The largest absolute Gasteiger partial charge is 0.497 e. The molecule has 190 valence electrons. The second-order valence-corrected chi connectivity index (χ2v) is 8.70. The predicted octanol–water partition coefficient (Wildman–Crippen LogP) is 4.90. The van der Waals surface area contributed by atoms with Crippen molar-refractivity contribution in [3.63, 3.8) is 0 Å². The Kier molecular flexibility index (Phi) is 6.72. The molecule has 8 heteroatoms. The van der Waals surface area contributed by atoms with Gasteiger partial charge in [0.2, 0.25) is 0 Å². The molecule has 3 aromatic carbocycles. The fourth-order valence-electron chi connectivity index (χ4n) is 4.81. The first-order chi connectivity index (χ1) is 18.1. The molecule has 1 aliphatic rings. The molecule has 0 saturated heterocycles. The Hall–Kier alpha value is -4.46. The van der Waals surface area contributed by atoms with Crippen molar-refractivity contribution < 1.29 is 23.7 Å². The van der Waals surface area contributed by atoms with Gasteiger partial charge in [-0.2, -0.15) is 5.10 Å². The van der Waals surface area contributed by atoms with E-state index in [0.29, 0.717) is 30.2 Å². The smallest absolute Gasteiger partial charge is 0.273 e. The number of methoxy groups -OCH3 is 4. The fraction of sp³-hybridized carbons (Fsp3) is 0.241. The molecule has 1 amide bonds. The molecule has 0 radical (unpaired) electrons. The van der Waals surface area contributed by atoms with Crippen molar-refractivity contribution in [3.8, 4) is 34.3 Å². The quantitative estimate of drug-likeness (QED) is 0.353. The van der Waals surface area contributed by atoms with E-state index in [1.807, 2.05) is 71.6 Å². The molecular formula is C29H29N3O5. The van der Waals surface area contributed by atoms with E-state index in [4.69, 9.17) is 18.9 Å². The molecule has 1 atom stereocenters. The number of ether oxygens (including phenoxy) is 4. The standard InChI is InChI=1S/C29H29N3O5/c1-34-21-10-5-18(6-11-21)15-16-32-28(20-9-14-23(36-3)24(17-20)37-4)25-26(30-31-27(25)29(32)33)19-7-12-22(35-2)13-8-19/h5-14,17,28H,15-16H2,1-4H3,(H,30,31). The maximum absolute atomic E-state index is 13.7. The van der Waals surface area contributed by atoms with Gasteiger partial charge in [-0.25, -0.2) is 0 Å². The van der Waals surface area contributed by atoms with E-state index in [9.17, 15) is 4.79 Å². The monoisotopic (exact) mass is 499 g/mol. The van der Waals surface area contributed by atoms with Gasteiger partial charge in [-0.15, -0.1) is 0 Å². The number of hydrogen-bond acceptors (Lipinski definition) is 6. The highest BCUT2D eigenvalue weighted by atomic mass is 16.5. The molecule has 1 unspecified atom stereocenters. The zero-order chi connectivity index (χ0) is 25.9. The number of hydrogen-bond donors (Lipinski definition) is 1. The average molecular weight is 500 g/mol. The van der Waals surface area contributed by atoms with Crippen LogP contribution in [0.25, 0.3) is 11.3 Å². The van der Waals surface area contributed by atoms with Crippen molar-refractivity contribution in [2.75, 3.05) is 35.0 Å². The normalized spacial score (nSPS) is 14.4. The number of nitrogens with zero attached hydrogens (tertiary/aromatic N) is 2. The van der Waals surface area contributed by atoms with Crippen LogP contribution in [0.2, 0.25) is 0 Å². The van der Waals surface area contributed by atoms with Gasteiger partial charge in [0, 0.05) is 17.7 Å². The number of amides is 1. The Morgan fingerprint density at radius 3 is 2.08 bits per heavy atom. The summed E-state index contributed by atoms with van der Waals surface area (Å²) in [5.41, 5.74) is 5.00. The van der Waals surface area contributed by atoms with Crippen LogP contribution in [0.15, 0.2) is 66.7 Å². The van der Waals surface area contributed by atoms with Crippen LogP contribution in [0.5, 0.6) is 23.0 Å². The summed E-state index contributed by atoms with van der Waals surface area (Å²) in [6.07, 6.45) is 0.690. The molecule has 1 aliphatic heterocycles. The zero-order valence-corrected chi connectivity index (χ0v) is 21.3. The Bertz CT molecular complexity index is 1400. The van der Waals surface area contributed by atoms with Gasteiger partial charge >= 0.3 is 0 Å². The van der Waals surface area contributed by atoms with Crippen LogP contribution in [0, 0.1) is 0 Å². The van der Waals surface area contributed by atoms with Gasteiger partial charge in [-0.3, -0.25) is 9.89 Å². The maximum atomic E-state index is 13.7. The number of nitrogens with one attached hydrogen (secondary N) is 1. The molecule has 0 saturated carbocycles. The van der Waals surface area contributed by atoms with Gasteiger partial charge in [-0.05, 0) is 66.1 Å². The number of benzene rings is 3. The van der Waals surface area contributed by atoms with Gasteiger partial charge < -0.3 is 23.8 Å². The van der Waals surface area contributed by atoms with Crippen molar-refractivity contribution in [2.45, 2.75) is 12.5 Å². The summed E-state index contributed by atoms with van der Waals surface area (Å²) in [7, 11) is 6.49. The van der Waals surface area contributed by atoms with Gasteiger partial charge in [0.25, 0.3) is 5.91 Å². The molecule has 8 nitrogen and oxygen atoms in total. The van der Waals surface area contributed by atoms with E-state index in [2.05, 4.69) is 10.2 Å². The summed E-state index contributed by atoms with van der Waals surface area (Å²) in [4.78, 5) is 15.6. The summed E-state index contributed by atoms with van der Waals surface area (Å²) >= 11 is 0.